The smallest absolute Gasteiger partial charge is 0.149 e. The number of Topliss-reactive ketones (excluding diaryl/α,β-unsaturated/α-hetero) is 1. The second-order valence-corrected chi connectivity index (χ2v) is 4.46. The van der Waals surface area contributed by atoms with E-state index in [4.69, 9.17) is 0 Å². The first kappa shape index (κ1) is 13.6. The van der Waals surface area contributed by atoms with E-state index in [9.17, 15) is 4.79 Å². The lowest BCUT2D eigenvalue weighted by molar-refractivity contribution is -0.123. The van der Waals surface area contributed by atoms with Crippen LogP contribution in [0.15, 0.2) is 0 Å². The van der Waals surface area contributed by atoms with E-state index in [1.807, 2.05) is 13.8 Å². The van der Waals surface area contributed by atoms with E-state index in [1.54, 1.807) is 0 Å². The van der Waals surface area contributed by atoms with E-state index < -0.39 is 0 Å². The summed E-state index contributed by atoms with van der Waals surface area (Å²) in [5.41, 5.74) is 0. The third kappa shape index (κ3) is 5.38. The average molecular weight is 199 g/mol. The minimum atomic E-state index is 0.168. The summed E-state index contributed by atoms with van der Waals surface area (Å²) in [6.45, 7) is 13.1. The Morgan fingerprint density at radius 1 is 1.21 bits per heavy atom. The second-order valence-electron chi connectivity index (χ2n) is 4.46. The molecule has 0 fully saturated rings. The molecule has 84 valence electrons. The Labute approximate surface area is 88.7 Å². The highest BCUT2D eigenvalue weighted by molar-refractivity contribution is 5.82. The number of carbonyl (C=O) groups excluding carboxylic acids is 1. The van der Waals surface area contributed by atoms with Crippen LogP contribution < -0.4 is 0 Å². The Kier molecular flexibility index (Phi) is 6.81. The van der Waals surface area contributed by atoms with Crippen molar-refractivity contribution in [3.8, 4) is 0 Å². The first-order chi connectivity index (χ1) is 6.51. The van der Waals surface area contributed by atoms with E-state index in [-0.39, 0.29) is 5.92 Å². The standard InChI is InChI=1S/C12H25NO/c1-6-11(5)8-13(7-2)9-12(14)10(3)4/h10-11H,6-9H2,1-5H3. The van der Waals surface area contributed by atoms with Crippen molar-refractivity contribution in [1.82, 2.24) is 4.90 Å². The van der Waals surface area contributed by atoms with Gasteiger partial charge in [0.05, 0.1) is 6.54 Å². The maximum Gasteiger partial charge on any atom is 0.149 e. The molecule has 0 radical (unpaired) electrons. The van der Waals surface area contributed by atoms with Gasteiger partial charge in [-0.1, -0.05) is 41.0 Å². The topological polar surface area (TPSA) is 20.3 Å². The van der Waals surface area contributed by atoms with Gasteiger partial charge in [0, 0.05) is 12.5 Å². The maximum atomic E-state index is 11.5. The maximum absolute atomic E-state index is 11.5. The Bertz CT molecular complexity index is 166. The van der Waals surface area contributed by atoms with E-state index in [0.29, 0.717) is 18.2 Å². The van der Waals surface area contributed by atoms with Gasteiger partial charge in [-0.3, -0.25) is 9.69 Å². The summed E-state index contributed by atoms with van der Waals surface area (Å²) >= 11 is 0. The molecule has 0 heterocycles. The van der Waals surface area contributed by atoms with E-state index >= 15 is 0 Å². The Morgan fingerprint density at radius 2 is 1.79 bits per heavy atom. The molecule has 2 heteroatoms. The minimum Gasteiger partial charge on any atom is -0.298 e. The van der Waals surface area contributed by atoms with Crippen LogP contribution in [0.1, 0.15) is 41.0 Å². The van der Waals surface area contributed by atoms with Crippen LogP contribution in [-0.2, 0) is 4.79 Å². The molecule has 0 aliphatic carbocycles. The summed E-state index contributed by atoms with van der Waals surface area (Å²) in [7, 11) is 0. The van der Waals surface area contributed by atoms with Crippen molar-refractivity contribution in [2.45, 2.75) is 41.0 Å². The molecule has 1 atom stereocenters. The highest BCUT2D eigenvalue weighted by Gasteiger charge is 2.13. The van der Waals surface area contributed by atoms with Crippen molar-refractivity contribution >= 4 is 5.78 Å². The van der Waals surface area contributed by atoms with Gasteiger partial charge in [-0.25, -0.2) is 0 Å². The molecular formula is C12H25NO. The molecule has 0 amide bonds. The van der Waals surface area contributed by atoms with Crippen LogP contribution in [0.25, 0.3) is 0 Å². The predicted molar refractivity (Wildman–Crippen MR) is 61.4 cm³/mol. The minimum absolute atomic E-state index is 0.168. The summed E-state index contributed by atoms with van der Waals surface area (Å²) in [5, 5.41) is 0. The summed E-state index contributed by atoms with van der Waals surface area (Å²) in [6.07, 6.45) is 1.19. The molecular weight excluding hydrogens is 174 g/mol. The summed E-state index contributed by atoms with van der Waals surface area (Å²) in [4.78, 5) is 13.8. The van der Waals surface area contributed by atoms with Crippen LogP contribution in [0.3, 0.4) is 0 Å². The molecule has 0 rings (SSSR count). The summed E-state index contributed by atoms with van der Waals surface area (Å²) < 4.78 is 0. The first-order valence-corrected chi connectivity index (χ1v) is 5.76. The fourth-order valence-electron chi connectivity index (χ4n) is 1.28. The van der Waals surface area contributed by atoms with Crippen molar-refractivity contribution in [3.63, 3.8) is 0 Å². The molecule has 0 aromatic heterocycles. The molecule has 0 spiro atoms. The number of ketones is 1. The van der Waals surface area contributed by atoms with Gasteiger partial charge in [0.2, 0.25) is 0 Å². The largest absolute Gasteiger partial charge is 0.298 e. The number of carbonyl (C=O) groups is 1. The van der Waals surface area contributed by atoms with Crippen LogP contribution in [0, 0.1) is 11.8 Å². The van der Waals surface area contributed by atoms with Gasteiger partial charge in [-0.2, -0.15) is 0 Å². The van der Waals surface area contributed by atoms with Crippen molar-refractivity contribution < 1.29 is 4.79 Å². The molecule has 0 aromatic rings. The van der Waals surface area contributed by atoms with Crippen molar-refractivity contribution in [1.29, 1.82) is 0 Å². The number of hydrogen-bond donors (Lipinski definition) is 0. The lowest BCUT2D eigenvalue weighted by atomic mass is 10.1. The summed E-state index contributed by atoms with van der Waals surface area (Å²) in [6, 6.07) is 0. The highest BCUT2D eigenvalue weighted by Crippen LogP contribution is 2.05. The van der Waals surface area contributed by atoms with Crippen molar-refractivity contribution in [3.05, 3.63) is 0 Å². The molecule has 0 saturated heterocycles. The molecule has 0 N–H and O–H groups in total. The number of hydrogen-bond acceptors (Lipinski definition) is 2. The van der Waals surface area contributed by atoms with Crippen LogP contribution in [0.4, 0.5) is 0 Å². The molecule has 2 nitrogen and oxygen atoms in total. The number of rotatable bonds is 7. The lowest BCUT2D eigenvalue weighted by Gasteiger charge is -2.23. The fraction of sp³-hybridized carbons (Fsp3) is 0.917. The van der Waals surface area contributed by atoms with Gasteiger partial charge in [-0.15, -0.1) is 0 Å². The SMILES string of the molecule is CCC(C)CN(CC)CC(=O)C(C)C. The quantitative estimate of drug-likeness (QED) is 0.628. The molecule has 0 bridgehead atoms. The Hall–Kier alpha value is -0.370. The average Bonchev–Trinajstić information content (AvgIpc) is 2.16. The number of likely N-dealkylation sites (N-methyl/N-ethyl adjacent to an activating group) is 1. The Morgan fingerprint density at radius 3 is 2.14 bits per heavy atom. The molecule has 0 aromatic carbocycles. The monoisotopic (exact) mass is 199 g/mol. The Balaban J connectivity index is 3.96. The number of nitrogens with zero attached hydrogens (tertiary/aromatic N) is 1. The van der Waals surface area contributed by atoms with Crippen LogP contribution in [0.2, 0.25) is 0 Å². The van der Waals surface area contributed by atoms with Gasteiger partial charge in [0.1, 0.15) is 5.78 Å². The van der Waals surface area contributed by atoms with Crippen molar-refractivity contribution in [2.75, 3.05) is 19.6 Å². The normalized spacial score (nSPS) is 13.6. The third-order valence-electron chi connectivity index (χ3n) is 2.74. The molecule has 0 saturated carbocycles. The van der Waals surface area contributed by atoms with Gasteiger partial charge >= 0.3 is 0 Å². The molecule has 0 aliphatic heterocycles. The van der Waals surface area contributed by atoms with Gasteiger partial charge in [0.25, 0.3) is 0 Å². The first-order valence-electron chi connectivity index (χ1n) is 5.76. The third-order valence-corrected chi connectivity index (χ3v) is 2.74. The fourth-order valence-corrected chi connectivity index (χ4v) is 1.28. The zero-order valence-corrected chi connectivity index (χ0v) is 10.3. The van der Waals surface area contributed by atoms with E-state index in [0.717, 1.165) is 13.1 Å². The molecule has 1 unspecified atom stereocenters. The predicted octanol–water partition coefficient (Wildman–Crippen LogP) is 2.58. The highest BCUT2D eigenvalue weighted by atomic mass is 16.1. The van der Waals surface area contributed by atoms with Crippen LogP contribution >= 0.6 is 0 Å². The zero-order valence-electron chi connectivity index (χ0n) is 10.3. The van der Waals surface area contributed by atoms with Crippen LogP contribution in [-0.4, -0.2) is 30.3 Å². The molecule has 14 heavy (non-hydrogen) atoms. The lowest BCUT2D eigenvalue weighted by Crippen LogP contribution is -2.34. The van der Waals surface area contributed by atoms with Gasteiger partial charge < -0.3 is 0 Å². The summed E-state index contributed by atoms with van der Waals surface area (Å²) in [5.74, 6) is 1.21. The van der Waals surface area contributed by atoms with Gasteiger partial charge in [0.15, 0.2) is 0 Å². The molecule has 0 aliphatic rings. The van der Waals surface area contributed by atoms with Crippen molar-refractivity contribution in [2.24, 2.45) is 11.8 Å². The van der Waals surface area contributed by atoms with E-state index in [1.165, 1.54) is 6.42 Å². The second kappa shape index (κ2) is 6.99. The van der Waals surface area contributed by atoms with Crippen LogP contribution in [0.5, 0.6) is 0 Å². The van der Waals surface area contributed by atoms with Gasteiger partial charge in [-0.05, 0) is 12.5 Å². The van der Waals surface area contributed by atoms with E-state index in [2.05, 4.69) is 25.7 Å². The zero-order chi connectivity index (χ0) is 11.1.